The normalized spacial score (nSPS) is 29.3. The summed E-state index contributed by atoms with van der Waals surface area (Å²) in [5.41, 5.74) is 21.6. The number of nitrogens with one attached hydrogen (secondary N) is 3. The zero-order valence-electron chi connectivity index (χ0n) is 66.0. The molecule has 65 heteroatoms. The van der Waals surface area contributed by atoms with Gasteiger partial charge in [-0.25, -0.2) is 59.4 Å². The minimum Gasteiger partial charge on any atom is -0.780 e. The Bertz CT molecular complexity index is 6470. The molecule has 10 aromatic heterocycles. The number of imidazole rings is 4. The monoisotopic (exact) mass is 2000 g/mol. The molecule has 127 heavy (non-hydrogen) atoms. The molecule has 688 valence electrons. The largest absolute Gasteiger partial charge is 0.780 e. The molecule has 6 unspecified atom stereocenters. The molecule has 24 atom stereocenters. The first-order chi connectivity index (χ1) is 60.2. The highest BCUT2D eigenvalue weighted by Gasteiger charge is 2.48. The third-order valence-corrected chi connectivity index (χ3v) is 30.6. The molecule has 53 nitrogen and oxygen atoms in total. The van der Waals surface area contributed by atoms with Crippen LogP contribution in [0.1, 0.15) is 100 Å². The van der Waals surface area contributed by atoms with Crippen molar-refractivity contribution < 1.29 is 112 Å². The van der Waals surface area contributed by atoms with Crippen molar-refractivity contribution in [2.24, 2.45) is 0 Å². The lowest BCUT2D eigenvalue weighted by molar-refractivity contribution is -0.221. The van der Waals surface area contributed by atoms with E-state index in [1.165, 1.54) is 78.0 Å². The fourth-order valence-electron chi connectivity index (χ4n) is 15.0. The summed E-state index contributed by atoms with van der Waals surface area (Å²) in [7, 11) is 1.03. The van der Waals surface area contributed by atoms with Crippen LogP contribution in [0.5, 0.6) is 0 Å². The number of aromatic amines is 3. The summed E-state index contributed by atoms with van der Waals surface area (Å²) in [5.74, 6) is -0.143. The van der Waals surface area contributed by atoms with Crippen LogP contribution < -0.4 is 75.5 Å². The standard InChI is InChI=1S/C62H80N24O29P6S6/c1-5-28-29(6-42(104-28)83-22-73-46-50(63)67-19-70-53(46)83)111-117(93,123)99-16-37-32(9-43(107-37)84-23-74-47-51(64)68-20-71-54(47)84)114-121(97,127)102-17-38-33(10-44(108-38)85-24-75-48-52(65)69-21-72-55(48)85)113-120(96,126)101-15-36-31(8-41(106-36)82-13-27(3)58(88)80-62(82)91)112-118(94,124)103-18-39-34(11-45(109-39)86-25-76-49-56(86)77-60(66)78-59(49)89)115-119(95,125)100-14-35-30(110-116(92,122)98-4)7-40(105-35)81-12-26(2)57(87)79-61(81)90/h12-13,19-25,28-45H,5-11,14-18H2,1-4H3,(H,92,122)(H,93,123)(H,94,124)(H,95,125)(H,96,126)(H,97,127)(H2,63,67,70)(H2,64,68,71)(H2,65,69,72)(H,79,87,90)(H,80,88,91)(H3,66,77,78,89)/p-6/t28-,29-,30-,31-,32-,33-,34-,35-,36-,37-,38-,39-,40-,41-,42-,43-,44-,45-,116?,117?,118?,119?,120?,121?/m1/s1. The van der Waals surface area contributed by atoms with Crippen LogP contribution in [0.15, 0.2) is 80.7 Å². The van der Waals surface area contributed by atoms with Gasteiger partial charge in [0.1, 0.15) is 137 Å². The van der Waals surface area contributed by atoms with Crippen LogP contribution >= 0.6 is 40.4 Å². The van der Waals surface area contributed by atoms with E-state index in [0.29, 0.717) is 17.6 Å². The van der Waals surface area contributed by atoms with Crippen molar-refractivity contribution in [1.82, 2.24) is 97.2 Å². The number of aryl methyl sites for hydroxylation is 2. The molecule has 0 amide bonds. The molecule has 11 N–H and O–H groups in total. The maximum absolute atomic E-state index is 14.9. The maximum atomic E-state index is 14.9. The van der Waals surface area contributed by atoms with E-state index < -0.39 is 219 Å². The Morgan fingerprint density at radius 3 is 1.04 bits per heavy atom. The SMILES string of the molecule is CC[C@H]1O[C@@H](n2cnc3c(N)ncnc32)C[C@H]1OP([O-])(=S)OC[C@H]1O[C@@H](n2cnc3c(N)ncnc32)C[C@H]1OP(=O)([S-])OC[C@H]1O[C@@H](n2cnc3c(N)ncnc32)C[C@H]1OP([O-])(=S)OC[C@H]1O[C@@H](n2cc(C)c(=O)[nH]c2=O)C[C@H]1OP([O-])(=S)OC[C@H]1O[C@@H](n2cnc3c(=O)[nH]c(N)nc32)C[C@H]1OP([O-])(=S)OC[C@H]1O[C@@H](n2cc(C)c(=O)[nH]c2=O)C[C@H]1OP([O-])(=S)OC. The van der Waals surface area contributed by atoms with E-state index in [4.69, 9.17) is 177 Å². The van der Waals surface area contributed by atoms with Crippen LogP contribution in [0.4, 0.5) is 23.4 Å². The molecule has 0 spiro atoms. The number of nitrogens with zero attached hydrogens (tertiary/aromatic N) is 17. The summed E-state index contributed by atoms with van der Waals surface area (Å²) < 4.78 is 131. The van der Waals surface area contributed by atoms with Crippen molar-refractivity contribution in [3.05, 3.63) is 120 Å². The van der Waals surface area contributed by atoms with E-state index in [-0.39, 0.29) is 100 Å². The van der Waals surface area contributed by atoms with Crippen LogP contribution in [0.2, 0.25) is 0 Å². The van der Waals surface area contributed by atoms with Crippen molar-refractivity contribution in [3.8, 4) is 0 Å². The fraction of sp³-hybridized carbons (Fsp3) is 0.548. The molecule has 0 aromatic carbocycles. The van der Waals surface area contributed by atoms with E-state index in [1.54, 1.807) is 4.57 Å². The number of ether oxygens (including phenoxy) is 6. The molecule has 16 rings (SSSR count). The van der Waals surface area contributed by atoms with Gasteiger partial charge >= 0.3 is 11.4 Å². The number of nitrogen functional groups attached to an aromatic ring is 4. The molecular weight excluding hydrogens is 1920 g/mol. The van der Waals surface area contributed by atoms with Gasteiger partial charge in [0.05, 0.1) is 101 Å². The van der Waals surface area contributed by atoms with Crippen LogP contribution in [-0.4, -0.2) is 211 Å². The van der Waals surface area contributed by atoms with Crippen molar-refractivity contribution in [3.63, 3.8) is 0 Å². The third-order valence-electron chi connectivity index (χ3n) is 21.0. The van der Waals surface area contributed by atoms with Gasteiger partial charge in [0, 0.05) is 69.2 Å². The van der Waals surface area contributed by atoms with Crippen molar-refractivity contribution >= 4 is 180 Å². The van der Waals surface area contributed by atoms with Crippen molar-refractivity contribution in [2.45, 2.75) is 176 Å². The van der Waals surface area contributed by atoms with Crippen molar-refractivity contribution in [2.75, 3.05) is 63.1 Å². The van der Waals surface area contributed by atoms with Crippen LogP contribution in [0.25, 0.3) is 44.7 Å². The molecule has 0 radical (unpaired) electrons. The molecule has 0 saturated carbocycles. The van der Waals surface area contributed by atoms with Gasteiger partial charge in [-0.15, -0.1) is 0 Å². The Morgan fingerprint density at radius 2 is 0.701 bits per heavy atom. The number of anilines is 4. The topological polar surface area (TPSA) is 707 Å². The van der Waals surface area contributed by atoms with Gasteiger partial charge < -0.3 is 142 Å². The summed E-state index contributed by atoms with van der Waals surface area (Å²) in [5, 5.41) is 0. The Morgan fingerprint density at radius 1 is 0.409 bits per heavy atom. The summed E-state index contributed by atoms with van der Waals surface area (Å²) in [6, 6.07) is 0. The van der Waals surface area contributed by atoms with Gasteiger partial charge in [0.15, 0.2) is 52.4 Å². The Kier molecular flexibility index (Phi) is 27.7. The quantitative estimate of drug-likeness (QED) is 0.0174. The van der Waals surface area contributed by atoms with E-state index in [2.05, 4.69) is 69.8 Å². The number of hydrogen-bond acceptors (Lipinski definition) is 50. The number of rotatable bonds is 35. The number of hydrogen-bond donors (Lipinski definition) is 7. The average molecular weight is 2000 g/mol. The predicted octanol–water partition coefficient (Wildman–Crippen LogP) is -1.56. The van der Waals surface area contributed by atoms with Gasteiger partial charge in [0.25, 0.3) is 16.7 Å². The summed E-state index contributed by atoms with van der Waals surface area (Å²) in [6.07, 6.45) is -12.3. The number of aromatic nitrogens is 20. The van der Waals surface area contributed by atoms with E-state index in [0.717, 1.165) is 22.4 Å². The first-order valence-corrected chi connectivity index (χ1v) is 53.3. The van der Waals surface area contributed by atoms with Crippen LogP contribution in [-0.2, 0) is 159 Å². The molecule has 0 aliphatic carbocycles. The number of fused-ring (bicyclic) bond motifs is 4. The first kappa shape index (κ1) is 93.7. The Labute approximate surface area is 743 Å². The van der Waals surface area contributed by atoms with E-state index >= 15 is 0 Å². The third kappa shape index (κ3) is 21.0. The smallest absolute Gasteiger partial charge is 0.330 e. The van der Waals surface area contributed by atoms with Gasteiger partial charge in [-0.1, -0.05) is 66.0 Å². The number of nitrogens with two attached hydrogens (primary N) is 4. The summed E-state index contributed by atoms with van der Waals surface area (Å²) >= 11 is 32.6. The molecule has 6 fully saturated rings. The molecule has 16 heterocycles. The van der Waals surface area contributed by atoms with Gasteiger partial charge in [-0.2, -0.15) is 4.98 Å². The fourth-order valence-corrected chi connectivity index (χ4v) is 23.3. The minimum atomic E-state index is -4.98. The zero-order chi connectivity index (χ0) is 90.3. The molecule has 6 aliphatic heterocycles. The van der Waals surface area contributed by atoms with Crippen LogP contribution in [0, 0.1) is 13.8 Å². The number of H-pyrrole nitrogens is 3. The van der Waals surface area contributed by atoms with E-state index in [1.807, 2.05) is 6.92 Å². The predicted molar refractivity (Wildman–Crippen MR) is 448 cm³/mol. The van der Waals surface area contributed by atoms with Gasteiger partial charge in [0.2, 0.25) is 5.95 Å². The molecular formula is C62H74N24O29P6S6-6. The highest BCUT2D eigenvalue weighted by atomic mass is 32.7. The summed E-state index contributed by atoms with van der Waals surface area (Å²) in [6.45, 7) is -27.5. The highest BCUT2D eigenvalue weighted by Crippen LogP contribution is 2.56. The highest BCUT2D eigenvalue weighted by molar-refractivity contribution is 8.32. The molecule has 10 aromatic rings. The zero-order valence-corrected chi connectivity index (χ0v) is 76.2. The van der Waals surface area contributed by atoms with Crippen LogP contribution in [0.3, 0.4) is 0 Å². The second kappa shape index (κ2) is 37.5. The Hall–Kier alpha value is -6.53. The summed E-state index contributed by atoms with van der Waals surface area (Å²) in [4.78, 5) is 189. The first-order valence-electron chi connectivity index (χ1n) is 38.0. The lowest BCUT2D eigenvalue weighted by Crippen LogP contribution is -2.34. The van der Waals surface area contributed by atoms with E-state index in [9.17, 15) is 53.0 Å². The van der Waals surface area contributed by atoms with Gasteiger partial charge in [-0.05, 0) is 20.3 Å². The molecule has 6 aliphatic rings. The Balaban J connectivity index is 0.614. The second-order valence-corrected chi connectivity index (χ2v) is 45.6. The lowest BCUT2D eigenvalue weighted by Gasteiger charge is -2.36. The average Bonchev–Trinajstić information content (AvgIpc) is 1.64. The maximum Gasteiger partial charge on any atom is 0.330 e. The van der Waals surface area contributed by atoms with Crippen molar-refractivity contribution in [1.29, 1.82) is 0 Å². The molecule has 6 saturated heterocycles. The van der Waals surface area contributed by atoms with Gasteiger partial charge in [-0.3, -0.25) is 61.3 Å². The minimum absolute atomic E-state index is 0.00760. The lowest BCUT2D eigenvalue weighted by atomic mass is 10.1. The molecule has 0 bridgehead atoms. The second-order valence-electron chi connectivity index (χ2n) is 29.3.